The Morgan fingerprint density at radius 1 is 0.970 bits per heavy atom. The fourth-order valence-electron chi connectivity index (χ4n) is 3.60. The molecule has 2 aromatic carbocycles. The van der Waals surface area contributed by atoms with Crippen LogP contribution in [0.5, 0.6) is 0 Å². The number of amides is 2. The number of nitrogens with zero attached hydrogens (tertiary/aromatic N) is 3. The van der Waals surface area contributed by atoms with Gasteiger partial charge in [0.25, 0.3) is 5.91 Å². The van der Waals surface area contributed by atoms with E-state index < -0.39 is 5.82 Å². The van der Waals surface area contributed by atoms with E-state index in [1.807, 2.05) is 29.2 Å². The molecular weight excluding hydrogens is 443 g/mol. The summed E-state index contributed by atoms with van der Waals surface area (Å²) < 4.78 is 13.0. The van der Waals surface area contributed by atoms with Crippen molar-refractivity contribution in [3.63, 3.8) is 0 Å². The number of piperazine rings is 1. The molecule has 4 rings (SSSR count). The van der Waals surface area contributed by atoms with Crippen LogP contribution >= 0.6 is 11.3 Å². The highest BCUT2D eigenvalue weighted by atomic mass is 32.1. The second-order valence-electron chi connectivity index (χ2n) is 7.75. The van der Waals surface area contributed by atoms with Gasteiger partial charge in [-0.1, -0.05) is 0 Å². The number of nitrogens with one attached hydrogen (secondary N) is 1. The summed E-state index contributed by atoms with van der Waals surface area (Å²) in [7, 11) is 0. The van der Waals surface area contributed by atoms with Gasteiger partial charge in [0.05, 0.1) is 12.1 Å². The first-order valence-corrected chi connectivity index (χ1v) is 11.4. The van der Waals surface area contributed by atoms with E-state index in [9.17, 15) is 18.8 Å². The largest absolute Gasteiger partial charge is 0.368 e. The monoisotopic (exact) mass is 466 g/mol. The first-order chi connectivity index (χ1) is 15.9. The molecule has 2 heterocycles. The SMILES string of the molecule is CC(=O)c1ccc(N2CCN(C(=O)Cc3csc(NC(=O)c4ccc(F)cc4)n3)CC2)cc1. The minimum Gasteiger partial charge on any atom is -0.368 e. The maximum absolute atomic E-state index is 13.0. The van der Waals surface area contributed by atoms with E-state index in [2.05, 4.69) is 15.2 Å². The van der Waals surface area contributed by atoms with Gasteiger partial charge in [-0.15, -0.1) is 11.3 Å². The predicted molar refractivity (Wildman–Crippen MR) is 125 cm³/mol. The van der Waals surface area contributed by atoms with Gasteiger partial charge in [-0.2, -0.15) is 0 Å². The number of Topliss-reactive ketones (excluding diaryl/α,β-unsaturated/α-hetero) is 1. The minimum atomic E-state index is -0.409. The van der Waals surface area contributed by atoms with E-state index in [1.54, 1.807) is 12.3 Å². The Kier molecular flexibility index (Phi) is 6.79. The quantitative estimate of drug-likeness (QED) is 0.561. The lowest BCUT2D eigenvalue weighted by Crippen LogP contribution is -2.49. The number of carbonyl (C=O) groups excluding carboxylic acids is 3. The van der Waals surface area contributed by atoms with Gasteiger partial charge in [-0.3, -0.25) is 19.7 Å². The average molecular weight is 467 g/mol. The highest BCUT2D eigenvalue weighted by Gasteiger charge is 2.22. The van der Waals surface area contributed by atoms with Gasteiger partial charge in [0.2, 0.25) is 5.91 Å². The molecule has 33 heavy (non-hydrogen) atoms. The van der Waals surface area contributed by atoms with Gasteiger partial charge in [0, 0.05) is 48.4 Å². The Labute approximate surface area is 194 Å². The number of hydrogen-bond donors (Lipinski definition) is 1. The highest BCUT2D eigenvalue weighted by molar-refractivity contribution is 7.14. The van der Waals surface area contributed by atoms with Crippen LogP contribution in [-0.2, 0) is 11.2 Å². The second kappa shape index (κ2) is 9.91. The summed E-state index contributed by atoms with van der Waals surface area (Å²) >= 11 is 1.25. The van der Waals surface area contributed by atoms with Crippen molar-refractivity contribution in [3.8, 4) is 0 Å². The van der Waals surface area contributed by atoms with Crippen LogP contribution in [0.15, 0.2) is 53.9 Å². The van der Waals surface area contributed by atoms with Gasteiger partial charge in [-0.05, 0) is 55.5 Å². The highest BCUT2D eigenvalue weighted by Crippen LogP contribution is 2.20. The van der Waals surface area contributed by atoms with Crippen molar-refractivity contribution < 1.29 is 18.8 Å². The molecule has 170 valence electrons. The molecule has 0 atom stereocenters. The predicted octanol–water partition coefficient (Wildman–Crippen LogP) is 3.63. The lowest BCUT2D eigenvalue weighted by atomic mass is 10.1. The molecule has 0 bridgehead atoms. The zero-order valence-electron chi connectivity index (χ0n) is 18.1. The number of aromatic nitrogens is 1. The fourth-order valence-corrected chi connectivity index (χ4v) is 4.31. The fraction of sp³-hybridized carbons (Fsp3) is 0.250. The molecule has 0 aliphatic carbocycles. The summed E-state index contributed by atoms with van der Waals surface area (Å²) in [5.74, 6) is -0.761. The van der Waals surface area contributed by atoms with Gasteiger partial charge in [-0.25, -0.2) is 9.37 Å². The topological polar surface area (TPSA) is 82.6 Å². The van der Waals surface area contributed by atoms with E-state index in [1.165, 1.54) is 35.6 Å². The number of carbonyl (C=O) groups is 3. The van der Waals surface area contributed by atoms with E-state index in [0.717, 1.165) is 5.69 Å². The third kappa shape index (κ3) is 5.61. The first-order valence-electron chi connectivity index (χ1n) is 10.5. The zero-order chi connectivity index (χ0) is 23.4. The Hall–Kier alpha value is -3.59. The van der Waals surface area contributed by atoms with Crippen molar-refractivity contribution in [2.45, 2.75) is 13.3 Å². The molecule has 0 saturated carbocycles. The summed E-state index contributed by atoms with van der Waals surface area (Å²) in [5.41, 5.74) is 2.65. The molecule has 1 aliphatic rings. The van der Waals surface area contributed by atoms with Crippen molar-refractivity contribution in [1.29, 1.82) is 0 Å². The number of halogens is 1. The number of anilines is 2. The average Bonchev–Trinajstić information content (AvgIpc) is 3.26. The summed E-state index contributed by atoms with van der Waals surface area (Å²) in [6.07, 6.45) is 0.163. The molecule has 2 amide bonds. The Balaban J connectivity index is 1.28. The van der Waals surface area contributed by atoms with Gasteiger partial charge < -0.3 is 9.80 Å². The van der Waals surface area contributed by atoms with Crippen molar-refractivity contribution in [2.75, 3.05) is 36.4 Å². The molecule has 1 saturated heterocycles. The van der Waals surface area contributed by atoms with E-state index in [4.69, 9.17) is 0 Å². The van der Waals surface area contributed by atoms with Crippen LogP contribution < -0.4 is 10.2 Å². The first kappa shape index (κ1) is 22.6. The van der Waals surface area contributed by atoms with Crippen molar-refractivity contribution >= 4 is 39.8 Å². The summed E-state index contributed by atoms with van der Waals surface area (Å²) in [6, 6.07) is 12.8. The van der Waals surface area contributed by atoms with Crippen LogP contribution in [0.1, 0.15) is 33.3 Å². The van der Waals surface area contributed by atoms with E-state index in [-0.39, 0.29) is 24.0 Å². The normalized spacial score (nSPS) is 13.6. The van der Waals surface area contributed by atoms with Crippen LogP contribution in [0.4, 0.5) is 15.2 Å². The molecule has 0 spiro atoms. The van der Waals surface area contributed by atoms with E-state index >= 15 is 0 Å². The smallest absolute Gasteiger partial charge is 0.257 e. The van der Waals surface area contributed by atoms with Crippen LogP contribution in [0.3, 0.4) is 0 Å². The molecule has 1 N–H and O–H groups in total. The summed E-state index contributed by atoms with van der Waals surface area (Å²) in [5, 5.41) is 4.83. The van der Waals surface area contributed by atoms with Crippen LogP contribution in [0.2, 0.25) is 0 Å². The number of rotatable bonds is 6. The van der Waals surface area contributed by atoms with Crippen LogP contribution in [0.25, 0.3) is 0 Å². The third-order valence-electron chi connectivity index (χ3n) is 5.48. The third-order valence-corrected chi connectivity index (χ3v) is 6.29. The maximum Gasteiger partial charge on any atom is 0.257 e. The molecule has 0 unspecified atom stereocenters. The van der Waals surface area contributed by atoms with Crippen molar-refractivity contribution in [3.05, 3.63) is 76.5 Å². The van der Waals surface area contributed by atoms with Crippen molar-refractivity contribution in [2.24, 2.45) is 0 Å². The molecule has 9 heteroatoms. The maximum atomic E-state index is 13.0. The van der Waals surface area contributed by atoms with Crippen molar-refractivity contribution in [1.82, 2.24) is 9.88 Å². The van der Waals surface area contributed by atoms with Crippen LogP contribution in [-0.4, -0.2) is 53.7 Å². The molecule has 1 aromatic heterocycles. The Morgan fingerprint density at radius 3 is 2.24 bits per heavy atom. The molecule has 3 aromatic rings. The van der Waals surface area contributed by atoms with Gasteiger partial charge >= 0.3 is 0 Å². The zero-order valence-corrected chi connectivity index (χ0v) is 18.9. The molecule has 7 nitrogen and oxygen atoms in total. The number of benzene rings is 2. The standard InChI is InChI=1S/C24H23FN4O3S/c1-16(30)17-4-8-21(9-5-17)28-10-12-29(13-11-28)22(31)14-20-15-33-24(26-20)27-23(32)18-2-6-19(25)7-3-18/h2-9,15H,10-14H2,1H3,(H,26,27,32). The molecule has 1 aliphatic heterocycles. The number of hydrogen-bond acceptors (Lipinski definition) is 6. The summed E-state index contributed by atoms with van der Waals surface area (Å²) in [4.78, 5) is 44.8. The molecular formula is C24H23FN4O3S. The van der Waals surface area contributed by atoms with Gasteiger partial charge in [0.1, 0.15) is 5.82 Å². The second-order valence-corrected chi connectivity index (χ2v) is 8.61. The van der Waals surface area contributed by atoms with Gasteiger partial charge in [0.15, 0.2) is 10.9 Å². The van der Waals surface area contributed by atoms with Crippen LogP contribution in [0, 0.1) is 5.82 Å². The Morgan fingerprint density at radius 2 is 1.61 bits per heavy atom. The minimum absolute atomic E-state index is 0.0108. The lowest BCUT2D eigenvalue weighted by molar-refractivity contribution is -0.130. The van der Waals surface area contributed by atoms with E-state index in [0.29, 0.717) is 48.1 Å². The molecule has 1 fully saturated rings. The number of thiazole rings is 1. The molecule has 0 radical (unpaired) electrons. The number of ketones is 1. The Bertz CT molecular complexity index is 1150. The lowest BCUT2D eigenvalue weighted by Gasteiger charge is -2.36. The summed E-state index contributed by atoms with van der Waals surface area (Å²) in [6.45, 7) is 4.17.